The minimum Gasteiger partial charge on any atom is -0.455 e. The first-order valence-electron chi connectivity index (χ1n) is 14.1. The van der Waals surface area contributed by atoms with E-state index in [9.17, 15) is 19.5 Å². The zero-order valence-electron chi connectivity index (χ0n) is 25.5. The van der Waals surface area contributed by atoms with Crippen molar-refractivity contribution < 1.29 is 29.0 Å². The predicted octanol–water partition coefficient (Wildman–Crippen LogP) is 6.42. The number of rotatable bonds is 15. The molecule has 0 bridgehead atoms. The maximum Gasteiger partial charge on any atom is 0.407 e. The number of allylic oxidation sites excluding steroid dienone is 8. The summed E-state index contributed by atoms with van der Waals surface area (Å²) in [5.74, 6) is -0.892. The second-order valence-electron chi connectivity index (χ2n) is 11.0. The van der Waals surface area contributed by atoms with Gasteiger partial charge in [-0.25, -0.2) is 9.59 Å². The summed E-state index contributed by atoms with van der Waals surface area (Å²) in [6.07, 6.45) is 18.0. The molecule has 0 aromatic carbocycles. The minimum absolute atomic E-state index is 0.00883. The van der Waals surface area contributed by atoms with E-state index in [0.717, 1.165) is 23.1 Å². The van der Waals surface area contributed by atoms with E-state index in [1.54, 1.807) is 6.92 Å². The Morgan fingerprint density at radius 3 is 2.45 bits per heavy atom. The molecule has 0 aliphatic carbocycles. The summed E-state index contributed by atoms with van der Waals surface area (Å²) in [6.45, 7) is 13.8. The number of amides is 1. The number of esters is 1. The fourth-order valence-corrected chi connectivity index (χ4v) is 4.60. The van der Waals surface area contributed by atoms with Crippen molar-refractivity contribution in [2.75, 3.05) is 13.7 Å². The van der Waals surface area contributed by atoms with E-state index < -0.39 is 18.1 Å². The third kappa shape index (κ3) is 13.7. The molecule has 6 atom stereocenters. The van der Waals surface area contributed by atoms with Gasteiger partial charge in [0.05, 0.1) is 6.10 Å². The van der Waals surface area contributed by atoms with Gasteiger partial charge in [0.25, 0.3) is 0 Å². The van der Waals surface area contributed by atoms with Crippen LogP contribution in [0.25, 0.3) is 0 Å². The Hall–Kier alpha value is -3.19. The van der Waals surface area contributed by atoms with Crippen LogP contribution in [0.3, 0.4) is 0 Å². The van der Waals surface area contributed by atoms with Gasteiger partial charge in [-0.2, -0.15) is 0 Å². The molecule has 0 radical (unpaired) electrons. The molecule has 1 rings (SSSR count). The highest BCUT2D eigenvalue weighted by Gasteiger charge is 2.29. The number of carbonyl (C=O) groups is 3. The third-order valence-electron chi connectivity index (χ3n) is 6.90. The molecule has 0 spiro atoms. The quantitative estimate of drug-likeness (QED) is 0.137. The van der Waals surface area contributed by atoms with E-state index in [1.165, 1.54) is 13.1 Å². The van der Waals surface area contributed by atoms with Crippen LogP contribution in [0, 0.1) is 23.7 Å². The molecule has 0 aromatic rings. The van der Waals surface area contributed by atoms with Crippen LogP contribution >= 0.6 is 0 Å². The van der Waals surface area contributed by atoms with Gasteiger partial charge < -0.3 is 19.9 Å². The maximum atomic E-state index is 13.0. The highest BCUT2D eigenvalue weighted by Crippen LogP contribution is 2.24. The molecular formula is C33H49NO6. The van der Waals surface area contributed by atoms with Crippen LogP contribution in [-0.4, -0.2) is 48.8 Å². The summed E-state index contributed by atoms with van der Waals surface area (Å²) < 4.78 is 10.2. The van der Waals surface area contributed by atoms with Crippen molar-refractivity contribution in [3.05, 3.63) is 71.4 Å². The fraction of sp³-hybridized carbons (Fsp3) is 0.545. The van der Waals surface area contributed by atoms with Crippen molar-refractivity contribution in [1.82, 2.24) is 5.32 Å². The summed E-state index contributed by atoms with van der Waals surface area (Å²) >= 11 is 0. The van der Waals surface area contributed by atoms with Crippen molar-refractivity contribution >= 4 is 17.8 Å². The van der Waals surface area contributed by atoms with Gasteiger partial charge in [-0.05, 0) is 57.6 Å². The van der Waals surface area contributed by atoms with Crippen molar-refractivity contribution in [2.45, 2.75) is 79.9 Å². The van der Waals surface area contributed by atoms with E-state index >= 15 is 0 Å². The van der Waals surface area contributed by atoms with Crippen molar-refractivity contribution in [3.63, 3.8) is 0 Å². The Kier molecular flexibility index (Phi) is 15.9. The van der Waals surface area contributed by atoms with Crippen LogP contribution in [0.5, 0.6) is 0 Å². The van der Waals surface area contributed by atoms with E-state index in [-0.39, 0.29) is 36.3 Å². The van der Waals surface area contributed by atoms with E-state index in [0.29, 0.717) is 18.8 Å². The molecule has 1 heterocycles. The SMILES string of the molecule is CNC(=O)OC/C=C(\C)C[C@H](C)[C@@H](O)[C@H](C)C(=O)[C@H](C)/C=C(C)/C=C/C[C@@H](C)/C=C(C)\C=C\[C@H]1CC=CC(=O)O1. The van der Waals surface area contributed by atoms with Crippen LogP contribution in [0.15, 0.2) is 71.4 Å². The van der Waals surface area contributed by atoms with E-state index in [2.05, 4.69) is 24.4 Å². The zero-order valence-corrected chi connectivity index (χ0v) is 25.5. The van der Waals surface area contributed by atoms with Gasteiger partial charge in [0.15, 0.2) is 0 Å². The summed E-state index contributed by atoms with van der Waals surface area (Å²) in [6, 6.07) is 0. The number of cyclic esters (lactones) is 1. The Morgan fingerprint density at radius 1 is 1.12 bits per heavy atom. The van der Waals surface area contributed by atoms with Crippen LogP contribution in [-0.2, 0) is 19.1 Å². The second kappa shape index (κ2) is 18.2. The predicted molar refractivity (Wildman–Crippen MR) is 160 cm³/mol. The van der Waals surface area contributed by atoms with E-state index in [4.69, 9.17) is 9.47 Å². The molecule has 2 N–H and O–H groups in total. The highest BCUT2D eigenvalue weighted by molar-refractivity contribution is 5.85. The number of aliphatic hydroxyl groups excluding tert-OH is 1. The van der Waals surface area contributed by atoms with Crippen molar-refractivity contribution in [2.24, 2.45) is 23.7 Å². The van der Waals surface area contributed by atoms with Gasteiger partial charge in [0, 0.05) is 31.4 Å². The molecule has 0 saturated carbocycles. The lowest BCUT2D eigenvalue weighted by molar-refractivity contribution is -0.141. The lowest BCUT2D eigenvalue weighted by Gasteiger charge is -2.26. The van der Waals surface area contributed by atoms with Gasteiger partial charge in [-0.15, -0.1) is 0 Å². The van der Waals surface area contributed by atoms with Gasteiger partial charge >= 0.3 is 12.1 Å². The number of ether oxygens (including phenoxy) is 2. The number of Topliss-reactive ketones (excluding diaryl/α,β-unsaturated/α-hetero) is 1. The average molecular weight is 556 g/mol. The number of aliphatic hydroxyl groups is 1. The molecule has 7 nitrogen and oxygen atoms in total. The lowest BCUT2D eigenvalue weighted by Crippen LogP contribution is -2.34. The average Bonchev–Trinajstić information content (AvgIpc) is 2.90. The molecule has 1 amide bonds. The number of hydrogen-bond acceptors (Lipinski definition) is 6. The number of nitrogens with one attached hydrogen (secondary N) is 1. The maximum absolute atomic E-state index is 13.0. The van der Waals surface area contributed by atoms with Crippen LogP contribution in [0.1, 0.15) is 67.7 Å². The Bertz CT molecular complexity index is 1030. The summed E-state index contributed by atoms with van der Waals surface area (Å²) in [5.41, 5.74) is 3.11. The number of hydrogen-bond donors (Lipinski definition) is 2. The van der Waals surface area contributed by atoms with Gasteiger partial charge in [-0.1, -0.05) is 80.9 Å². The largest absolute Gasteiger partial charge is 0.455 e. The van der Waals surface area contributed by atoms with Gasteiger partial charge in [0.1, 0.15) is 18.5 Å². The first kappa shape index (κ1) is 34.8. The van der Waals surface area contributed by atoms with Crippen molar-refractivity contribution in [1.29, 1.82) is 0 Å². The molecule has 7 heteroatoms. The molecule has 1 aliphatic heterocycles. The number of alkyl carbamates (subject to hydrolysis) is 1. The summed E-state index contributed by atoms with van der Waals surface area (Å²) in [4.78, 5) is 35.5. The molecule has 0 aromatic heterocycles. The molecular weight excluding hydrogens is 506 g/mol. The summed E-state index contributed by atoms with van der Waals surface area (Å²) in [7, 11) is 1.50. The molecule has 1 aliphatic rings. The van der Waals surface area contributed by atoms with Crippen LogP contribution < -0.4 is 5.32 Å². The second-order valence-corrected chi connectivity index (χ2v) is 11.0. The topological polar surface area (TPSA) is 102 Å². The van der Waals surface area contributed by atoms with Crippen LogP contribution in [0.2, 0.25) is 0 Å². The molecule has 0 saturated heterocycles. The zero-order chi connectivity index (χ0) is 30.2. The standard InChI is InChI=1S/C33H49NO6/c1-22(19-24(3)15-16-29-13-10-14-30(35)40-29)11-9-12-23(2)20-26(5)31(36)28(7)32(37)27(6)21-25(4)17-18-39-33(38)34-8/h9-10,12,14-17,19-20,22,26-29,32,37H,11,13,18,21H2,1-8H3,(H,34,38)/b12-9+,16-15+,23-20+,24-19-,25-17+/t22-,26-,27+,28-,29-,32-/m1/s1. The smallest absolute Gasteiger partial charge is 0.407 e. The highest BCUT2D eigenvalue weighted by atomic mass is 16.5. The van der Waals surface area contributed by atoms with E-state index in [1.807, 2.05) is 71.1 Å². The molecule has 0 fully saturated rings. The fourth-order valence-electron chi connectivity index (χ4n) is 4.60. The Labute approximate surface area is 240 Å². The normalized spacial score (nSPS) is 20.7. The first-order chi connectivity index (χ1) is 18.8. The van der Waals surface area contributed by atoms with Crippen molar-refractivity contribution in [3.8, 4) is 0 Å². The molecule has 40 heavy (non-hydrogen) atoms. The molecule has 222 valence electrons. The van der Waals surface area contributed by atoms with Gasteiger partial charge in [-0.3, -0.25) is 4.79 Å². The monoisotopic (exact) mass is 555 g/mol. The third-order valence-corrected chi connectivity index (χ3v) is 6.90. The first-order valence-corrected chi connectivity index (χ1v) is 14.1. The van der Waals surface area contributed by atoms with Crippen LogP contribution in [0.4, 0.5) is 4.79 Å². The lowest BCUT2D eigenvalue weighted by atomic mass is 9.83. The molecule has 0 unspecified atom stereocenters. The number of ketones is 1. The minimum atomic E-state index is -0.769. The Morgan fingerprint density at radius 2 is 1.80 bits per heavy atom. The number of carbonyl (C=O) groups excluding carboxylic acids is 3. The Balaban J connectivity index is 2.57. The van der Waals surface area contributed by atoms with Gasteiger partial charge in [0.2, 0.25) is 0 Å². The summed E-state index contributed by atoms with van der Waals surface area (Å²) in [5, 5.41) is 13.2.